The summed E-state index contributed by atoms with van der Waals surface area (Å²) < 4.78 is 2.04. The van der Waals surface area contributed by atoms with Crippen molar-refractivity contribution in [2.75, 3.05) is 7.05 Å². The van der Waals surface area contributed by atoms with Crippen LogP contribution in [0.3, 0.4) is 0 Å². The van der Waals surface area contributed by atoms with Gasteiger partial charge in [0.2, 0.25) is 5.16 Å². The van der Waals surface area contributed by atoms with Gasteiger partial charge in [-0.25, -0.2) is 4.68 Å². The fourth-order valence-electron chi connectivity index (χ4n) is 3.29. The third-order valence-corrected chi connectivity index (χ3v) is 5.88. The molecule has 1 aromatic heterocycles. The SMILES string of the molecule is CCCC1CCC(NC)C(Sc2nnnn2C2CC2)C1. The van der Waals surface area contributed by atoms with Crippen LogP contribution in [0.25, 0.3) is 0 Å². The van der Waals surface area contributed by atoms with Crippen molar-refractivity contribution < 1.29 is 0 Å². The van der Waals surface area contributed by atoms with E-state index in [-0.39, 0.29) is 0 Å². The van der Waals surface area contributed by atoms with E-state index in [0.717, 1.165) is 11.1 Å². The molecule has 0 bridgehead atoms. The molecule has 3 atom stereocenters. The van der Waals surface area contributed by atoms with Crippen LogP contribution in [-0.2, 0) is 0 Å². The zero-order valence-electron chi connectivity index (χ0n) is 12.5. The van der Waals surface area contributed by atoms with Gasteiger partial charge in [0.05, 0.1) is 6.04 Å². The molecule has 0 radical (unpaired) electrons. The summed E-state index contributed by atoms with van der Waals surface area (Å²) in [6, 6.07) is 1.16. The smallest absolute Gasteiger partial charge is 0.209 e. The van der Waals surface area contributed by atoms with Crippen molar-refractivity contribution in [3.8, 4) is 0 Å². The van der Waals surface area contributed by atoms with E-state index in [2.05, 4.69) is 34.8 Å². The second-order valence-corrected chi connectivity index (χ2v) is 7.36. The average Bonchev–Trinajstić information content (AvgIpc) is 3.20. The molecule has 0 aromatic carbocycles. The number of nitrogens with one attached hydrogen (secondary N) is 1. The molecule has 0 aliphatic heterocycles. The van der Waals surface area contributed by atoms with Crippen LogP contribution in [0.4, 0.5) is 0 Å². The van der Waals surface area contributed by atoms with E-state index < -0.39 is 0 Å². The first-order valence-corrected chi connectivity index (χ1v) is 8.81. The second kappa shape index (κ2) is 6.43. The van der Waals surface area contributed by atoms with E-state index in [4.69, 9.17) is 0 Å². The fourth-order valence-corrected chi connectivity index (χ4v) is 4.74. The molecule has 2 fully saturated rings. The molecule has 0 saturated heterocycles. The summed E-state index contributed by atoms with van der Waals surface area (Å²) in [4.78, 5) is 0. The molecule has 20 heavy (non-hydrogen) atoms. The van der Waals surface area contributed by atoms with Crippen LogP contribution in [0.1, 0.15) is 57.9 Å². The molecule has 3 rings (SSSR count). The van der Waals surface area contributed by atoms with E-state index in [1.54, 1.807) is 0 Å². The predicted octanol–water partition coefficient (Wildman–Crippen LogP) is 2.66. The second-order valence-electron chi connectivity index (χ2n) is 6.16. The van der Waals surface area contributed by atoms with Crippen LogP contribution >= 0.6 is 11.8 Å². The van der Waals surface area contributed by atoms with Crippen molar-refractivity contribution in [1.29, 1.82) is 0 Å². The topological polar surface area (TPSA) is 55.6 Å². The highest BCUT2D eigenvalue weighted by molar-refractivity contribution is 7.99. The third-order valence-electron chi connectivity index (χ3n) is 4.58. The number of hydrogen-bond donors (Lipinski definition) is 1. The number of thioether (sulfide) groups is 1. The minimum absolute atomic E-state index is 0.565. The zero-order chi connectivity index (χ0) is 13.9. The minimum Gasteiger partial charge on any atom is -0.316 e. The molecule has 3 unspecified atom stereocenters. The fraction of sp³-hybridized carbons (Fsp3) is 0.929. The normalized spacial score (nSPS) is 30.6. The Labute approximate surface area is 125 Å². The van der Waals surface area contributed by atoms with Crippen LogP contribution in [0.5, 0.6) is 0 Å². The number of rotatable bonds is 6. The maximum Gasteiger partial charge on any atom is 0.209 e. The Hall–Kier alpha value is -0.620. The van der Waals surface area contributed by atoms with Gasteiger partial charge in [0.1, 0.15) is 0 Å². The number of aromatic nitrogens is 4. The average molecular weight is 295 g/mol. The predicted molar refractivity (Wildman–Crippen MR) is 80.8 cm³/mol. The van der Waals surface area contributed by atoms with E-state index in [9.17, 15) is 0 Å². The quantitative estimate of drug-likeness (QED) is 0.874. The number of tetrazole rings is 1. The lowest BCUT2D eigenvalue weighted by molar-refractivity contribution is 0.295. The molecule has 2 saturated carbocycles. The van der Waals surface area contributed by atoms with Crippen LogP contribution in [-0.4, -0.2) is 38.5 Å². The van der Waals surface area contributed by atoms with Gasteiger partial charge in [-0.1, -0.05) is 31.5 Å². The molecule has 5 nitrogen and oxygen atoms in total. The van der Waals surface area contributed by atoms with E-state index in [0.29, 0.717) is 17.3 Å². The van der Waals surface area contributed by atoms with Gasteiger partial charge in [0, 0.05) is 11.3 Å². The van der Waals surface area contributed by atoms with Gasteiger partial charge in [-0.3, -0.25) is 0 Å². The molecule has 2 aliphatic carbocycles. The maximum absolute atomic E-state index is 4.25. The lowest BCUT2D eigenvalue weighted by Crippen LogP contribution is -2.40. The Morgan fingerprint density at radius 2 is 2.15 bits per heavy atom. The number of nitrogens with zero attached hydrogens (tertiary/aromatic N) is 4. The van der Waals surface area contributed by atoms with Crippen LogP contribution in [0.2, 0.25) is 0 Å². The molecule has 1 N–H and O–H groups in total. The molecule has 1 aromatic rings. The highest BCUT2D eigenvalue weighted by Gasteiger charge is 2.33. The first-order valence-electron chi connectivity index (χ1n) is 7.93. The van der Waals surface area contributed by atoms with Gasteiger partial charge in [-0.05, 0) is 55.5 Å². The summed E-state index contributed by atoms with van der Waals surface area (Å²) in [5.74, 6) is 0.882. The van der Waals surface area contributed by atoms with Crippen molar-refractivity contribution in [2.45, 2.75) is 74.4 Å². The Balaban J connectivity index is 1.67. The lowest BCUT2D eigenvalue weighted by atomic mass is 9.83. The summed E-state index contributed by atoms with van der Waals surface area (Å²) in [5.41, 5.74) is 0. The molecule has 6 heteroatoms. The van der Waals surface area contributed by atoms with E-state index >= 15 is 0 Å². The van der Waals surface area contributed by atoms with Crippen molar-refractivity contribution in [1.82, 2.24) is 25.5 Å². The summed E-state index contributed by atoms with van der Waals surface area (Å²) in [5, 5.41) is 17.4. The van der Waals surface area contributed by atoms with Crippen molar-refractivity contribution in [2.24, 2.45) is 5.92 Å². The Morgan fingerprint density at radius 1 is 1.30 bits per heavy atom. The Bertz CT molecular complexity index is 431. The summed E-state index contributed by atoms with van der Waals surface area (Å²) in [6.07, 6.45) is 9.07. The van der Waals surface area contributed by atoms with Crippen molar-refractivity contribution >= 4 is 11.8 Å². The molecule has 2 aliphatic rings. The van der Waals surface area contributed by atoms with Crippen LogP contribution < -0.4 is 5.32 Å². The first-order chi connectivity index (χ1) is 9.81. The number of hydrogen-bond acceptors (Lipinski definition) is 5. The molecule has 112 valence electrons. The van der Waals surface area contributed by atoms with Gasteiger partial charge in [-0.15, -0.1) is 5.10 Å². The van der Waals surface area contributed by atoms with Gasteiger partial charge in [0.15, 0.2) is 0 Å². The monoisotopic (exact) mass is 295 g/mol. The largest absolute Gasteiger partial charge is 0.316 e. The van der Waals surface area contributed by atoms with Crippen molar-refractivity contribution in [3.63, 3.8) is 0 Å². The minimum atomic E-state index is 0.565. The Kier molecular flexibility index (Phi) is 4.61. The van der Waals surface area contributed by atoms with Gasteiger partial charge in [-0.2, -0.15) is 0 Å². The molecule has 1 heterocycles. The van der Waals surface area contributed by atoms with Crippen LogP contribution in [0, 0.1) is 5.92 Å². The van der Waals surface area contributed by atoms with Gasteiger partial charge in [0.25, 0.3) is 0 Å². The summed E-state index contributed by atoms with van der Waals surface area (Å²) in [7, 11) is 2.09. The lowest BCUT2D eigenvalue weighted by Gasteiger charge is -2.35. The van der Waals surface area contributed by atoms with Crippen molar-refractivity contribution in [3.05, 3.63) is 0 Å². The molecular weight excluding hydrogens is 270 g/mol. The summed E-state index contributed by atoms with van der Waals surface area (Å²) in [6.45, 7) is 2.29. The molecule has 0 amide bonds. The summed E-state index contributed by atoms with van der Waals surface area (Å²) >= 11 is 1.89. The van der Waals surface area contributed by atoms with E-state index in [1.807, 2.05) is 16.4 Å². The highest BCUT2D eigenvalue weighted by atomic mass is 32.2. The maximum atomic E-state index is 4.25. The first kappa shape index (κ1) is 14.3. The third kappa shape index (κ3) is 3.17. The molecule has 0 spiro atoms. The highest BCUT2D eigenvalue weighted by Crippen LogP contribution is 2.41. The molecular formula is C14H25N5S. The standard InChI is InChI=1S/C14H25N5S/c1-3-4-10-5-8-12(15-2)13(9-10)20-14-16-17-18-19(14)11-6-7-11/h10-13,15H,3-9H2,1-2H3. The zero-order valence-corrected chi connectivity index (χ0v) is 13.3. The Morgan fingerprint density at radius 3 is 2.85 bits per heavy atom. The van der Waals surface area contributed by atoms with Gasteiger partial charge >= 0.3 is 0 Å². The van der Waals surface area contributed by atoms with Gasteiger partial charge < -0.3 is 5.32 Å². The van der Waals surface area contributed by atoms with Crippen LogP contribution in [0.15, 0.2) is 5.16 Å². The van der Waals surface area contributed by atoms with E-state index in [1.165, 1.54) is 44.9 Å².